The van der Waals surface area contributed by atoms with E-state index in [9.17, 15) is 4.79 Å². The summed E-state index contributed by atoms with van der Waals surface area (Å²) in [7, 11) is 0. The molecule has 4 unspecified atom stereocenters. The van der Waals surface area contributed by atoms with Crippen LogP contribution in [0.4, 0.5) is 0 Å². The van der Waals surface area contributed by atoms with Gasteiger partial charge in [0.25, 0.3) is 0 Å². The first-order chi connectivity index (χ1) is 8.09. The molecule has 2 saturated heterocycles. The molecule has 2 aliphatic rings. The molecule has 2 fully saturated rings. The van der Waals surface area contributed by atoms with Gasteiger partial charge in [0.15, 0.2) is 0 Å². The van der Waals surface area contributed by atoms with Gasteiger partial charge in [-0.3, -0.25) is 4.79 Å². The van der Waals surface area contributed by atoms with E-state index in [1.807, 2.05) is 0 Å². The Morgan fingerprint density at radius 3 is 2.65 bits per heavy atom. The summed E-state index contributed by atoms with van der Waals surface area (Å²) in [5.74, 6) is 1.62. The van der Waals surface area contributed by atoms with Crippen LogP contribution in [-0.4, -0.2) is 36.0 Å². The van der Waals surface area contributed by atoms with E-state index in [1.54, 1.807) is 0 Å². The second-order valence-corrected chi connectivity index (χ2v) is 6.05. The topological polar surface area (TPSA) is 32.3 Å². The summed E-state index contributed by atoms with van der Waals surface area (Å²) in [6.07, 6.45) is 4.68. The number of piperidine rings is 2. The van der Waals surface area contributed by atoms with Gasteiger partial charge in [-0.15, -0.1) is 0 Å². The summed E-state index contributed by atoms with van der Waals surface area (Å²) in [5, 5.41) is 3.38. The summed E-state index contributed by atoms with van der Waals surface area (Å²) in [4.78, 5) is 14.6. The lowest BCUT2D eigenvalue weighted by molar-refractivity contribution is -0.140. The Kier molecular flexibility index (Phi) is 4.08. The molecule has 0 saturated carbocycles. The molecule has 0 spiro atoms. The monoisotopic (exact) mass is 238 g/mol. The van der Waals surface area contributed by atoms with Crippen LogP contribution in [0.1, 0.15) is 46.5 Å². The second-order valence-electron chi connectivity index (χ2n) is 6.05. The molecule has 0 radical (unpaired) electrons. The van der Waals surface area contributed by atoms with Crippen molar-refractivity contribution in [3.8, 4) is 0 Å². The van der Waals surface area contributed by atoms with Crippen molar-refractivity contribution >= 4 is 5.91 Å². The molecule has 0 aromatic heterocycles. The summed E-state index contributed by atoms with van der Waals surface area (Å²) in [6.45, 7) is 8.69. The number of amides is 1. The molecule has 0 aromatic rings. The van der Waals surface area contributed by atoms with Crippen LogP contribution in [0, 0.1) is 11.8 Å². The third kappa shape index (κ3) is 2.82. The largest absolute Gasteiger partial charge is 0.338 e. The maximum absolute atomic E-state index is 12.5. The highest BCUT2D eigenvalue weighted by Crippen LogP contribution is 2.28. The quantitative estimate of drug-likeness (QED) is 0.758. The Morgan fingerprint density at radius 1 is 1.24 bits per heavy atom. The van der Waals surface area contributed by atoms with E-state index in [1.165, 1.54) is 19.3 Å². The van der Waals surface area contributed by atoms with Gasteiger partial charge in [0.2, 0.25) is 5.91 Å². The number of hydrogen-bond acceptors (Lipinski definition) is 2. The van der Waals surface area contributed by atoms with Crippen LogP contribution in [0.5, 0.6) is 0 Å². The minimum Gasteiger partial charge on any atom is -0.338 e. The molecular formula is C14H26N2O. The summed E-state index contributed by atoms with van der Waals surface area (Å²) >= 11 is 0. The van der Waals surface area contributed by atoms with Crippen LogP contribution in [0.3, 0.4) is 0 Å². The van der Waals surface area contributed by atoms with Crippen LogP contribution in [0.2, 0.25) is 0 Å². The van der Waals surface area contributed by atoms with E-state index in [-0.39, 0.29) is 6.04 Å². The lowest BCUT2D eigenvalue weighted by Crippen LogP contribution is -2.56. The lowest BCUT2D eigenvalue weighted by Gasteiger charge is -2.43. The molecule has 0 aliphatic carbocycles. The fourth-order valence-electron chi connectivity index (χ4n) is 3.27. The Balaban J connectivity index is 2.01. The number of hydrogen-bond donors (Lipinski definition) is 1. The zero-order chi connectivity index (χ0) is 12.4. The van der Waals surface area contributed by atoms with Crippen LogP contribution in [0.25, 0.3) is 0 Å². The van der Waals surface area contributed by atoms with E-state index in [2.05, 4.69) is 31.0 Å². The summed E-state index contributed by atoms with van der Waals surface area (Å²) in [5.41, 5.74) is 0. The summed E-state index contributed by atoms with van der Waals surface area (Å²) < 4.78 is 0. The minimum absolute atomic E-state index is 0.0868. The molecule has 1 N–H and O–H groups in total. The number of carbonyl (C=O) groups excluding carboxylic acids is 1. The average Bonchev–Trinajstić information content (AvgIpc) is 2.34. The van der Waals surface area contributed by atoms with E-state index < -0.39 is 0 Å². The molecule has 0 bridgehead atoms. The molecule has 2 aliphatic heterocycles. The first kappa shape index (κ1) is 12.9. The highest BCUT2D eigenvalue weighted by Gasteiger charge is 2.35. The standard InChI is InChI=1S/C14H26N2O/c1-10-8-11(2)12(3)16(9-10)14(17)13-6-4-5-7-15-13/h10-13,15H,4-9H2,1-3H3. The van der Waals surface area contributed by atoms with Gasteiger partial charge in [-0.2, -0.15) is 0 Å². The highest BCUT2D eigenvalue weighted by molar-refractivity contribution is 5.82. The average molecular weight is 238 g/mol. The fraction of sp³-hybridized carbons (Fsp3) is 0.929. The number of nitrogens with zero attached hydrogens (tertiary/aromatic N) is 1. The Hall–Kier alpha value is -0.570. The zero-order valence-electron chi connectivity index (χ0n) is 11.4. The number of nitrogens with one attached hydrogen (secondary N) is 1. The van der Waals surface area contributed by atoms with Gasteiger partial charge in [-0.05, 0) is 44.6 Å². The van der Waals surface area contributed by atoms with Gasteiger partial charge in [-0.25, -0.2) is 0 Å². The molecular weight excluding hydrogens is 212 g/mol. The van der Waals surface area contributed by atoms with Crippen molar-refractivity contribution in [1.82, 2.24) is 10.2 Å². The smallest absolute Gasteiger partial charge is 0.239 e. The Bertz CT molecular complexity index is 273. The molecule has 98 valence electrons. The first-order valence-electron chi connectivity index (χ1n) is 7.13. The second kappa shape index (κ2) is 5.38. The summed E-state index contributed by atoms with van der Waals surface area (Å²) in [6, 6.07) is 0.492. The maximum atomic E-state index is 12.5. The number of likely N-dealkylation sites (tertiary alicyclic amines) is 1. The van der Waals surface area contributed by atoms with Gasteiger partial charge in [-0.1, -0.05) is 20.3 Å². The molecule has 1 amide bonds. The van der Waals surface area contributed by atoms with Crippen LogP contribution >= 0.6 is 0 Å². The highest BCUT2D eigenvalue weighted by atomic mass is 16.2. The van der Waals surface area contributed by atoms with Crippen molar-refractivity contribution in [2.24, 2.45) is 11.8 Å². The molecule has 0 aromatic carbocycles. The zero-order valence-corrected chi connectivity index (χ0v) is 11.4. The molecule has 2 heterocycles. The van der Waals surface area contributed by atoms with E-state index in [0.717, 1.165) is 19.5 Å². The van der Waals surface area contributed by atoms with E-state index in [0.29, 0.717) is 23.8 Å². The van der Waals surface area contributed by atoms with Crippen molar-refractivity contribution in [2.45, 2.75) is 58.5 Å². The predicted octanol–water partition coefficient (Wildman–Crippen LogP) is 2.02. The lowest BCUT2D eigenvalue weighted by atomic mass is 9.85. The van der Waals surface area contributed by atoms with Gasteiger partial charge in [0, 0.05) is 12.6 Å². The minimum atomic E-state index is 0.0868. The third-order valence-corrected chi connectivity index (χ3v) is 4.49. The molecule has 3 nitrogen and oxygen atoms in total. The normalized spacial score (nSPS) is 39.1. The van der Waals surface area contributed by atoms with Crippen molar-refractivity contribution in [1.29, 1.82) is 0 Å². The fourth-order valence-corrected chi connectivity index (χ4v) is 3.27. The van der Waals surface area contributed by atoms with Crippen molar-refractivity contribution in [2.75, 3.05) is 13.1 Å². The Morgan fingerprint density at radius 2 is 2.00 bits per heavy atom. The van der Waals surface area contributed by atoms with Crippen molar-refractivity contribution in [3.05, 3.63) is 0 Å². The molecule has 17 heavy (non-hydrogen) atoms. The van der Waals surface area contributed by atoms with Gasteiger partial charge >= 0.3 is 0 Å². The van der Waals surface area contributed by atoms with E-state index in [4.69, 9.17) is 0 Å². The third-order valence-electron chi connectivity index (χ3n) is 4.49. The van der Waals surface area contributed by atoms with Gasteiger partial charge in [0.1, 0.15) is 0 Å². The van der Waals surface area contributed by atoms with Gasteiger partial charge < -0.3 is 10.2 Å². The molecule has 2 rings (SSSR count). The first-order valence-corrected chi connectivity index (χ1v) is 7.13. The maximum Gasteiger partial charge on any atom is 0.239 e. The predicted molar refractivity (Wildman–Crippen MR) is 69.8 cm³/mol. The van der Waals surface area contributed by atoms with Crippen molar-refractivity contribution in [3.63, 3.8) is 0 Å². The van der Waals surface area contributed by atoms with E-state index >= 15 is 0 Å². The molecule has 3 heteroatoms. The van der Waals surface area contributed by atoms with Gasteiger partial charge in [0.05, 0.1) is 6.04 Å². The molecule has 4 atom stereocenters. The van der Waals surface area contributed by atoms with Crippen molar-refractivity contribution < 1.29 is 4.79 Å². The Labute approximate surface area is 105 Å². The van der Waals surface area contributed by atoms with Crippen LogP contribution in [-0.2, 0) is 4.79 Å². The number of carbonyl (C=O) groups is 1. The van der Waals surface area contributed by atoms with Crippen LogP contribution < -0.4 is 5.32 Å². The SMILES string of the molecule is CC1CC(C)C(C)N(C(=O)C2CCCCN2)C1. The van der Waals surface area contributed by atoms with Crippen LogP contribution in [0.15, 0.2) is 0 Å². The number of rotatable bonds is 1.